The first kappa shape index (κ1) is 16.7. The molecule has 0 saturated carbocycles. The minimum Gasteiger partial charge on any atom is -0.362 e. The van der Waals surface area contributed by atoms with Crippen LogP contribution in [0.4, 0.5) is 17.5 Å². The molecule has 0 saturated heterocycles. The van der Waals surface area contributed by atoms with Crippen molar-refractivity contribution in [1.82, 2.24) is 19.7 Å². The number of aromatic nitrogens is 4. The van der Waals surface area contributed by atoms with Crippen LogP contribution in [0.1, 0.15) is 18.5 Å². The fraction of sp³-hybridized carbons (Fsp3) is 0.188. The Balaban J connectivity index is 1.78. The second kappa shape index (κ2) is 7.19. The highest BCUT2D eigenvalue weighted by atomic mass is 79.9. The molecule has 3 rings (SSSR count). The molecule has 6 nitrogen and oxygen atoms in total. The van der Waals surface area contributed by atoms with E-state index in [0.29, 0.717) is 16.8 Å². The number of nitrogens with zero attached hydrogens (tertiary/aromatic N) is 4. The van der Waals surface area contributed by atoms with Gasteiger partial charge in [0.15, 0.2) is 5.82 Å². The third-order valence-electron chi connectivity index (χ3n) is 3.41. The van der Waals surface area contributed by atoms with Crippen LogP contribution in [-0.4, -0.2) is 19.7 Å². The average Bonchev–Trinajstić information content (AvgIpc) is 2.95. The van der Waals surface area contributed by atoms with Crippen LogP contribution in [0.15, 0.2) is 47.3 Å². The molecule has 2 aromatic heterocycles. The summed E-state index contributed by atoms with van der Waals surface area (Å²) in [5.74, 6) is 1.03. The first-order valence-electron chi connectivity index (χ1n) is 7.31. The van der Waals surface area contributed by atoms with Crippen LogP contribution in [0.3, 0.4) is 0 Å². The van der Waals surface area contributed by atoms with Crippen LogP contribution in [0.25, 0.3) is 0 Å². The quantitative estimate of drug-likeness (QED) is 0.650. The number of benzene rings is 1. The van der Waals surface area contributed by atoms with Crippen molar-refractivity contribution in [2.75, 3.05) is 10.6 Å². The molecule has 0 spiro atoms. The van der Waals surface area contributed by atoms with Gasteiger partial charge in [-0.2, -0.15) is 10.1 Å². The number of aryl methyl sites for hydroxylation is 1. The molecule has 0 amide bonds. The van der Waals surface area contributed by atoms with Gasteiger partial charge < -0.3 is 10.6 Å². The summed E-state index contributed by atoms with van der Waals surface area (Å²) in [7, 11) is 1.85. The minimum absolute atomic E-state index is 0.0427. The van der Waals surface area contributed by atoms with E-state index in [4.69, 9.17) is 11.6 Å². The van der Waals surface area contributed by atoms with Gasteiger partial charge in [0, 0.05) is 17.7 Å². The molecular formula is C16H16BrClN6. The highest BCUT2D eigenvalue weighted by molar-refractivity contribution is 9.10. The molecular weight excluding hydrogens is 392 g/mol. The van der Waals surface area contributed by atoms with Gasteiger partial charge in [0.2, 0.25) is 5.95 Å². The summed E-state index contributed by atoms with van der Waals surface area (Å²) in [4.78, 5) is 8.65. The fourth-order valence-electron chi connectivity index (χ4n) is 2.21. The number of rotatable bonds is 5. The first-order chi connectivity index (χ1) is 11.5. The van der Waals surface area contributed by atoms with Crippen molar-refractivity contribution in [1.29, 1.82) is 0 Å². The summed E-state index contributed by atoms with van der Waals surface area (Å²) in [6, 6.07) is 8.13. The molecule has 24 heavy (non-hydrogen) atoms. The average molecular weight is 408 g/mol. The van der Waals surface area contributed by atoms with Crippen molar-refractivity contribution in [3.63, 3.8) is 0 Å². The molecule has 0 bridgehead atoms. The molecule has 1 aromatic carbocycles. The third kappa shape index (κ3) is 4.04. The lowest BCUT2D eigenvalue weighted by Gasteiger charge is -2.16. The SMILES string of the molecule is CC(Nc1nc(Nc2cnn(C)c2)ncc1Cl)c1cccc(Br)c1. The summed E-state index contributed by atoms with van der Waals surface area (Å²) in [5.41, 5.74) is 1.94. The van der Waals surface area contributed by atoms with E-state index in [0.717, 1.165) is 15.7 Å². The normalized spacial score (nSPS) is 12.0. The molecule has 0 radical (unpaired) electrons. The van der Waals surface area contributed by atoms with E-state index in [1.54, 1.807) is 17.1 Å². The fourth-order valence-corrected chi connectivity index (χ4v) is 2.77. The second-order valence-corrected chi connectivity index (χ2v) is 6.66. The Bertz CT molecular complexity index is 850. The van der Waals surface area contributed by atoms with Gasteiger partial charge in [-0.25, -0.2) is 4.98 Å². The predicted molar refractivity (Wildman–Crippen MR) is 99.7 cm³/mol. The molecule has 1 atom stereocenters. The first-order valence-corrected chi connectivity index (χ1v) is 8.48. The van der Waals surface area contributed by atoms with E-state index in [9.17, 15) is 0 Å². The number of nitrogens with one attached hydrogen (secondary N) is 2. The Morgan fingerprint density at radius 2 is 2.12 bits per heavy atom. The van der Waals surface area contributed by atoms with Crippen molar-refractivity contribution in [3.8, 4) is 0 Å². The molecule has 2 heterocycles. The zero-order valence-corrected chi connectivity index (χ0v) is 15.5. The zero-order chi connectivity index (χ0) is 17.1. The van der Waals surface area contributed by atoms with Gasteiger partial charge >= 0.3 is 0 Å². The maximum Gasteiger partial charge on any atom is 0.229 e. The van der Waals surface area contributed by atoms with Crippen molar-refractivity contribution in [2.45, 2.75) is 13.0 Å². The minimum atomic E-state index is 0.0427. The van der Waals surface area contributed by atoms with Gasteiger partial charge in [-0.1, -0.05) is 39.7 Å². The van der Waals surface area contributed by atoms with Crippen LogP contribution in [0, 0.1) is 0 Å². The molecule has 1 unspecified atom stereocenters. The summed E-state index contributed by atoms with van der Waals surface area (Å²) < 4.78 is 2.73. The smallest absolute Gasteiger partial charge is 0.229 e. The summed E-state index contributed by atoms with van der Waals surface area (Å²) >= 11 is 9.71. The van der Waals surface area contributed by atoms with Gasteiger partial charge in [0.05, 0.1) is 24.1 Å². The van der Waals surface area contributed by atoms with Crippen LogP contribution >= 0.6 is 27.5 Å². The molecule has 8 heteroatoms. The topological polar surface area (TPSA) is 67.7 Å². The van der Waals surface area contributed by atoms with Gasteiger partial charge in [-0.05, 0) is 24.6 Å². The Kier molecular flexibility index (Phi) is 5.01. The molecule has 0 aliphatic carbocycles. The zero-order valence-electron chi connectivity index (χ0n) is 13.2. The van der Waals surface area contributed by atoms with Crippen LogP contribution < -0.4 is 10.6 Å². The lowest BCUT2D eigenvalue weighted by atomic mass is 10.1. The Morgan fingerprint density at radius 3 is 2.83 bits per heavy atom. The summed E-state index contributed by atoms with van der Waals surface area (Å²) in [6.07, 6.45) is 5.12. The van der Waals surface area contributed by atoms with Crippen molar-refractivity contribution < 1.29 is 0 Å². The predicted octanol–water partition coefficient (Wildman–Crippen LogP) is 4.54. The lowest BCUT2D eigenvalue weighted by Crippen LogP contribution is -2.09. The van der Waals surface area contributed by atoms with E-state index in [-0.39, 0.29) is 6.04 Å². The maximum atomic E-state index is 6.23. The number of hydrogen-bond acceptors (Lipinski definition) is 5. The third-order valence-corrected chi connectivity index (χ3v) is 4.18. The largest absolute Gasteiger partial charge is 0.362 e. The number of halogens is 2. The number of hydrogen-bond donors (Lipinski definition) is 2. The maximum absolute atomic E-state index is 6.23. The Hall–Kier alpha value is -2.12. The van der Waals surface area contributed by atoms with Crippen LogP contribution in [0.2, 0.25) is 5.02 Å². The van der Waals surface area contributed by atoms with E-state index < -0.39 is 0 Å². The lowest BCUT2D eigenvalue weighted by molar-refractivity contribution is 0.768. The van der Waals surface area contributed by atoms with E-state index in [1.165, 1.54) is 0 Å². The standard InChI is InChI=1S/C16H16BrClN6/c1-10(11-4-3-5-12(17)6-11)21-15-14(18)8-19-16(23-15)22-13-7-20-24(2)9-13/h3-10H,1-2H3,(H2,19,21,22,23). The van der Waals surface area contributed by atoms with Crippen LogP contribution in [-0.2, 0) is 7.05 Å². The molecule has 3 aromatic rings. The summed E-state index contributed by atoms with van der Waals surface area (Å²) in [5, 5.41) is 11.0. The van der Waals surface area contributed by atoms with Gasteiger partial charge in [-0.15, -0.1) is 0 Å². The van der Waals surface area contributed by atoms with Crippen molar-refractivity contribution >= 4 is 45.0 Å². The van der Waals surface area contributed by atoms with Crippen molar-refractivity contribution in [3.05, 3.63) is 57.9 Å². The molecule has 0 aliphatic rings. The molecule has 0 aliphatic heterocycles. The van der Waals surface area contributed by atoms with Gasteiger partial charge in [-0.3, -0.25) is 4.68 Å². The monoisotopic (exact) mass is 406 g/mol. The van der Waals surface area contributed by atoms with Crippen molar-refractivity contribution in [2.24, 2.45) is 7.05 Å². The highest BCUT2D eigenvalue weighted by Crippen LogP contribution is 2.26. The highest BCUT2D eigenvalue weighted by Gasteiger charge is 2.11. The van der Waals surface area contributed by atoms with E-state index in [2.05, 4.69) is 54.6 Å². The summed E-state index contributed by atoms with van der Waals surface area (Å²) in [6.45, 7) is 2.05. The van der Waals surface area contributed by atoms with Crippen LogP contribution in [0.5, 0.6) is 0 Å². The molecule has 2 N–H and O–H groups in total. The molecule has 124 valence electrons. The Labute approximate surface area is 153 Å². The van der Waals surface area contributed by atoms with Gasteiger partial charge in [0.1, 0.15) is 5.02 Å². The Morgan fingerprint density at radius 1 is 1.29 bits per heavy atom. The second-order valence-electron chi connectivity index (χ2n) is 5.34. The number of anilines is 3. The van der Waals surface area contributed by atoms with E-state index >= 15 is 0 Å². The van der Waals surface area contributed by atoms with Gasteiger partial charge in [0.25, 0.3) is 0 Å². The van der Waals surface area contributed by atoms with E-state index in [1.807, 2.05) is 31.4 Å². The molecule has 0 fully saturated rings.